The van der Waals surface area contributed by atoms with Crippen LogP contribution in [0.1, 0.15) is 51.4 Å². The molecule has 0 spiro atoms. The van der Waals surface area contributed by atoms with Crippen LogP contribution >= 0.6 is 11.3 Å². The highest BCUT2D eigenvalue weighted by atomic mass is 32.1. The zero-order valence-corrected chi connectivity index (χ0v) is 17.0. The molecule has 0 saturated heterocycles. The van der Waals surface area contributed by atoms with Crippen molar-refractivity contribution >= 4 is 27.5 Å². The van der Waals surface area contributed by atoms with Gasteiger partial charge in [-0.25, -0.2) is 4.98 Å². The normalized spacial score (nSPS) is 15.8. The molecular weight excluding hydrogens is 370 g/mol. The van der Waals surface area contributed by atoms with Crippen molar-refractivity contribution in [3.05, 3.63) is 62.0 Å². The van der Waals surface area contributed by atoms with Crippen LogP contribution in [-0.4, -0.2) is 26.4 Å². The molecule has 2 aromatic heterocycles. The van der Waals surface area contributed by atoms with Crippen LogP contribution in [0.4, 0.5) is 0 Å². The first-order valence-electron chi connectivity index (χ1n) is 9.92. The third kappa shape index (κ3) is 2.87. The number of amides is 1. The van der Waals surface area contributed by atoms with Gasteiger partial charge >= 0.3 is 0 Å². The van der Waals surface area contributed by atoms with E-state index in [9.17, 15) is 9.59 Å². The fraction of sp³-hybridized carbons (Fsp3) is 0.409. The Morgan fingerprint density at radius 3 is 2.71 bits per heavy atom. The quantitative estimate of drug-likeness (QED) is 0.677. The minimum absolute atomic E-state index is 0.0156. The maximum Gasteiger partial charge on any atom is 0.264 e. The first-order chi connectivity index (χ1) is 13.5. The Hall–Kier alpha value is -2.47. The predicted octanol–water partition coefficient (Wildman–Crippen LogP) is 3.83. The lowest BCUT2D eigenvalue weighted by atomic mass is 10.1. The molecular formula is C22H23N3O2S. The van der Waals surface area contributed by atoms with E-state index in [1.54, 1.807) is 4.57 Å². The third-order valence-corrected chi connectivity index (χ3v) is 7.00. The average Bonchev–Trinajstić information content (AvgIpc) is 3.31. The van der Waals surface area contributed by atoms with Gasteiger partial charge in [-0.3, -0.25) is 14.2 Å². The number of benzene rings is 1. The molecule has 28 heavy (non-hydrogen) atoms. The zero-order valence-electron chi connectivity index (χ0n) is 16.2. The summed E-state index contributed by atoms with van der Waals surface area (Å²) in [5.41, 5.74) is 3.16. The molecule has 144 valence electrons. The molecule has 1 fully saturated rings. The van der Waals surface area contributed by atoms with E-state index in [1.807, 2.05) is 11.8 Å². The second-order valence-corrected chi connectivity index (χ2v) is 8.97. The summed E-state index contributed by atoms with van der Waals surface area (Å²) < 4.78 is 1.78. The number of carbonyl (C=O) groups excluding carboxylic acids is 1. The summed E-state index contributed by atoms with van der Waals surface area (Å²) in [6.07, 6.45) is 3.91. The molecule has 1 aliphatic heterocycles. The predicted molar refractivity (Wildman–Crippen MR) is 111 cm³/mol. The lowest BCUT2D eigenvalue weighted by Gasteiger charge is -2.22. The van der Waals surface area contributed by atoms with Gasteiger partial charge < -0.3 is 4.90 Å². The van der Waals surface area contributed by atoms with Gasteiger partial charge in [0.15, 0.2) is 0 Å². The summed E-state index contributed by atoms with van der Waals surface area (Å²) in [6, 6.07) is 8.66. The van der Waals surface area contributed by atoms with Gasteiger partial charge in [-0.2, -0.15) is 0 Å². The second kappa shape index (κ2) is 6.55. The van der Waals surface area contributed by atoms with Gasteiger partial charge in [0.2, 0.25) is 0 Å². The number of nitrogens with zero attached hydrogens (tertiary/aromatic N) is 3. The molecule has 0 bridgehead atoms. The molecule has 0 radical (unpaired) electrons. The number of fused-ring (bicyclic) bond motifs is 2. The zero-order chi connectivity index (χ0) is 19.4. The highest BCUT2D eigenvalue weighted by molar-refractivity contribution is 7.20. The summed E-state index contributed by atoms with van der Waals surface area (Å²) in [5.74, 6) is 0.893. The van der Waals surface area contributed by atoms with Crippen molar-refractivity contribution in [2.45, 2.75) is 58.7 Å². The van der Waals surface area contributed by atoms with Crippen LogP contribution in [0, 0.1) is 13.8 Å². The van der Waals surface area contributed by atoms with E-state index in [0.717, 1.165) is 49.2 Å². The van der Waals surface area contributed by atoms with E-state index < -0.39 is 0 Å². The molecule has 1 amide bonds. The molecule has 6 heteroatoms. The minimum Gasteiger partial charge on any atom is -0.331 e. The smallest absolute Gasteiger partial charge is 0.264 e. The fourth-order valence-corrected chi connectivity index (χ4v) is 5.20. The summed E-state index contributed by atoms with van der Waals surface area (Å²) in [5, 5.41) is 0.630. The summed E-state index contributed by atoms with van der Waals surface area (Å²) in [6.45, 7) is 5.31. The first-order valence-corrected chi connectivity index (χ1v) is 10.7. The van der Waals surface area contributed by atoms with Gasteiger partial charge in [0.25, 0.3) is 11.5 Å². The summed E-state index contributed by atoms with van der Waals surface area (Å²) in [4.78, 5) is 34.4. The minimum atomic E-state index is 0.0156. The molecule has 2 aliphatic rings. The van der Waals surface area contributed by atoms with E-state index in [1.165, 1.54) is 16.9 Å². The maximum absolute atomic E-state index is 13.5. The largest absolute Gasteiger partial charge is 0.331 e. The number of thiophene rings is 1. The van der Waals surface area contributed by atoms with Crippen molar-refractivity contribution in [2.75, 3.05) is 0 Å². The molecule has 0 atom stereocenters. The number of aryl methyl sites for hydroxylation is 3. The molecule has 0 N–H and O–H groups in total. The van der Waals surface area contributed by atoms with Crippen LogP contribution in [0.2, 0.25) is 0 Å². The SMILES string of the molecule is Cc1ccc(CN(C(=O)c2sc3nc4n(c(=O)c3c2C)CCC4)C2CC2)cc1. The van der Waals surface area contributed by atoms with Crippen LogP contribution < -0.4 is 5.56 Å². The second-order valence-electron chi connectivity index (χ2n) is 7.97. The molecule has 1 aromatic carbocycles. The van der Waals surface area contributed by atoms with Crippen LogP contribution in [0.3, 0.4) is 0 Å². The van der Waals surface area contributed by atoms with E-state index >= 15 is 0 Å². The van der Waals surface area contributed by atoms with Crippen LogP contribution in [0.15, 0.2) is 29.1 Å². The van der Waals surface area contributed by atoms with Crippen LogP contribution in [0.5, 0.6) is 0 Å². The topological polar surface area (TPSA) is 55.2 Å². The van der Waals surface area contributed by atoms with E-state index in [0.29, 0.717) is 27.7 Å². The Bertz CT molecular complexity index is 1140. The van der Waals surface area contributed by atoms with Crippen molar-refractivity contribution in [3.8, 4) is 0 Å². The Kier molecular flexibility index (Phi) is 4.12. The fourth-order valence-electron chi connectivity index (χ4n) is 4.05. The molecule has 3 aromatic rings. The summed E-state index contributed by atoms with van der Waals surface area (Å²) >= 11 is 1.38. The number of hydrogen-bond donors (Lipinski definition) is 0. The monoisotopic (exact) mass is 393 g/mol. The molecule has 0 unspecified atom stereocenters. The van der Waals surface area contributed by atoms with Gasteiger partial charge in [-0.15, -0.1) is 11.3 Å². The van der Waals surface area contributed by atoms with Crippen molar-refractivity contribution in [2.24, 2.45) is 0 Å². The molecule has 1 saturated carbocycles. The highest BCUT2D eigenvalue weighted by Gasteiger charge is 2.35. The first kappa shape index (κ1) is 17.6. The van der Waals surface area contributed by atoms with Crippen molar-refractivity contribution < 1.29 is 4.79 Å². The van der Waals surface area contributed by atoms with Crippen molar-refractivity contribution in [1.29, 1.82) is 0 Å². The van der Waals surface area contributed by atoms with Gasteiger partial charge in [-0.05, 0) is 44.2 Å². The van der Waals surface area contributed by atoms with Crippen molar-refractivity contribution in [3.63, 3.8) is 0 Å². The van der Waals surface area contributed by atoms with E-state index in [4.69, 9.17) is 4.98 Å². The number of rotatable bonds is 4. The average molecular weight is 394 g/mol. The van der Waals surface area contributed by atoms with Crippen molar-refractivity contribution in [1.82, 2.24) is 14.5 Å². The molecule has 1 aliphatic carbocycles. The number of aromatic nitrogens is 2. The molecule has 5 rings (SSSR count). The van der Waals surface area contributed by atoms with E-state index in [2.05, 4.69) is 31.2 Å². The maximum atomic E-state index is 13.5. The van der Waals surface area contributed by atoms with Gasteiger partial charge in [0.05, 0.1) is 10.3 Å². The Morgan fingerprint density at radius 2 is 2.00 bits per heavy atom. The molecule has 3 heterocycles. The number of hydrogen-bond acceptors (Lipinski definition) is 4. The van der Waals surface area contributed by atoms with Gasteiger partial charge in [0, 0.05) is 25.6 Å². The van der Waals surface area contributed by atoms with Gasteiger partial charge in [-0.1, -0.05) is 29.8 Å². The Morgan fingerprint density at radius 1 is 1.25 bits per heavy atom. The number of carbonyl (C=O) groups is 1. The lowest BCUT2D eigenvalue weighted by molar-refractivity contribution is 0.0734. The highest BCUT2D eigenvalue weighted by Crippen LogP contribution is 2.34. The van der Waals surface area contributed by atoms with Crippen LogP contribution in [-0.2, 0) is 19.5 Å². The van der Waals surface area contributed by atoms with Crippen LogP contribution in [0.25, 0.3) is 10.2 Å². The van der Waals surface area contributed by atoms with Gasteiger partial charge in [0.1, 0.15) is 10.7 Å². The Balaban J connectivity index is 1.53. The lowest BCUT2D eigenvalue weighted by Crippen LogP contribution is -2.32. The Labute approximate surface area is 167 Å². The third-order valence-electron chi connectivity index (χ3n) is 5.83. The molecule has 5 nitrogen and oxygen atoms in total. The standard InChI is InChI=1S/C22H23N3O2S/c1-13-5-7-15(8-6-13)12-25(16-9-10-16)22(27)19-14(2)18-20(28-19)23-17-4-3-11-24(17)21(18)26/h5-8,16H,3-4,9-12H2,1-2H3. The summed E-state index contributed by atoms with van der Waals surface area (Å²) in [7, 11) is 0. The van der Waals surface area contributed by atoms with E-state index in [-0.39, 0.29) is 11.5 Å².